The molecule has 4 saturated carbocycles. The summed E-state index contributed by atoms with van der Waals surface area (Å²) in [6.07, 6.45) is 8.72. The van der Waals surface area contributed by atoms with Crippen LogP contribution in [0.2, 0.25) is 0 Å². The highest BCUT2D eigenvalue weighted by Gasteiger charge is 2.56. The zero-order valence-corrected chi connectivity index (χ0v) is 30.8. The summed E-state index contributed by atoms with van der Waals surface area (Å²) in [6.45, 7) is 4.72. The van der Waals surface area contributed by atoms with Gasteiger partial charge in [0.25, 0.3) is 10.0 Å². The number of hydrogen-bond acceptors (Lipinski definition) is 10. The van der Waals surface area contributed by atoms with Crippen molar-refractivity contribution in [2.45, 2.75) is 75.8 Å². The molecule has 3 N–H and O–H groups in total. The Hall–Kier alpha value is -4.66. The number of carbonyl (C=O) groups is 1. The Morgan fingerprint density at radius 1 is 1.04 bits per heavy atom. The molecule has 4 aliphatic carbocycles. The fourth-order valence-electron chi connectivity index (χ4n) is 7.72. The average Bonchev–Trinajstić information content (AvgIpc) is 3.85. The number of fused-ring (bicyclic) bond motifs is 1. The summed E-state index contributed by atoms with van der Waals surface area (Å²) in [5.41, 5.74) is 5.71. The molecule has 0 aliphatic heterocycles. The Kier molecular flexibility index (Phi) is 9.42. The number of anilines is 1. The molecular weight excluding hydrogens is 704 g/mol. The van der Waals surface area contributed by atoms with Gasteiger partial charge in [0.05, 0.1) is 28.0 Å². The SMILES string of the molecule is Cc1cccc(C)c1-c1cc(OC[C@@H](CC23CC(C2)C3)NCc2cnc3nc(C4CC4)n(C)c3n2)nc(NS(=O)(=O)c2cccc(C(=O)O)c2)n1.Cl. The Morgan fingerprint density at radius 2 is 1.77 bits per heavy atom. The van der Waals surface area contributed by atoms with Crippen LogP contribution in [0.15, 0.2) is 59.6 Å². The molecule has 2 bridgehead atoms. The van der Waals surface area contributed by atoms with E-state index in [2.05, 4.69) is 29.6 Å². The molecule has 2 aromatic carbocycles. The summed E-state index contributed by atoms with van der Waals surface area (Å²) in [5.74, 6) is 1.18. The molecule has 0 saturated heterocycles. The molecule has 4 fully saturated rings. The zero-order chi connectivity index (χ0) is 35.5. The molecule has 9 rings (SSSR count). The molecule has 0 spiro atoms. The minimum atomic E-state index is -4.23. The van der Waals surface area contributed by atoms with E-state index in [0.29, 0.717) is 29.2 Å². The van der Waals surface area contributed by atoms with Gasteiger partial charge in [0.1, 0.15) is 12.4 Å². The first-order valence-electron chi connectivity index (χ1n) is 17.3. The maximum atomic E-state index is 13.4. The second-order valence-corrected chi connectivity index (χ2v) is 16.2. The first kappa shape index (κ1) is 35.7. The maximum absolute atomic E-state index is 13.4. The second kappa shape index (κ2) is 13.7. The van der Waals surface area contributed by atoms with Crippen LogP contribution in [0, 0.1) is 25.2 Å². The van der Waals surface area contributed by atoms with Gasteiger partial charge in [0.15, 0.2) is 11.3 Å². The third-order valence-corrected chi connectivity index (χ3v) is 11.8. The van der Waals surface area contributed by atoms with Crippen molar-refractivity contribution >= 4 is 45.6 Å². The molecule has 3 aromatic heterocycles. The predicted molar refractivity (Wildman–Crippen MR) is 197 cm³/mol. The van der Waals surface area contributed by atoms with Crippen LogP contribution in [0.5, 0.6) is 5.88 Å². The van der Waals surface area contributed by atoms with E-state index < -0.39 is 16.0 Å². The third kappa shape index (κ3) is 7.06. The number of aryl methyl sites for hydroxylation is 3. The second-order valence-electron chi connectivity index (χ2n) is 14.5. The van der Waals surface area contributed by atoms with Crippen LogP contribution in [0.25, 0.3) is 22.6 Å². The number of halogens is 1. The summed E-state index contributed by atoms with van der Waals surface area (Å²) >= 11 is 0. The van der Waals surface area contributed by atoms with Gasteiger partial charge in [-0.1, -0.05) is 24.3 Å². The maximum Gasteiger partial charge on any atom is 0.335 e. The first-order chi connectivity index (χ1) is 24.4. The smallest absolute Gasteiger partial charge is 0.335 e. The number of nitrogens with zero attached hydrogens (tertiary/aromatic N) is 6. The van der Waals surface area contributed by atoms with Crippen molar-refractivity contribution in [1.82, 2.24) is 34.8 Å². The van der Waals surface area contributed by atoms with Gasteiger partial charge in [-0.15, -0.1) is 12.4 Å². The fraction of sp³-hybridized carbons (Fsp3) is 0.405. The molecule has 4 aliphatic rings. The quantitative estimate of drug-likeness (QED) is 0.122. The molecule has 3 heterocycles. The normalized spacial score (nSPS) is 19.6. The number of ether oxygens (including phenoxy) is 1. The summed E-state index contributed by atoms with van der Waals surface area (Å²) in [5, 5.41) is 13.1. The highest BCUT2D eigenvalue weighted by molar-refractivity contribution is 7.92. The number of imidazole rings is 1. The zero-order valence-electron chi connectivity index (χ0n) is 29.2. The van der Waals surface area contributed by atoms with Gasteiger partial charge in [0, 0.05) is 37.2 Å². The lowest BCUT2D eigenvalue weighted by Gasteiger charge is -2.63. The Balaban J connectivity index is 0.00000420. The van der Waals surface area contributed by atoms with Crippen LogP contribution in [0.3, 0.4) is 0 Å². The van der Waals surface area contributed by atoms with Crippen LogP contribution in [-0.4, -0.2) is 61.6 Å². The van der Waals surface area contributed by atoms with Crippen molar-refractivity contribution in [2.75, 3.05) is 11.3 Å². The lowest BCUT2D eigenvalue weighted by atomic mass is 9.43. The van der Waals surface area contributed by atoms with Crippen molar-refractivity contribution in [3.05, 3.63) is 82.9 Å². The van der Waals surface area contributed by atoms with E-state index in [-0.39, 0.29) is 47.3 Å². The molecule has 0 amide bonds. The molecule has 5 aromatic rings. The highest BCUT2D eigenvalue weighted by atomic mass is 35.5. The van der Waals surface area contributed by atoms with Crippen LogP contribution < -0.4 is 14.8 Å². The van der Waals surface area contributed by atoms with Crippen molar-refractivity contribution in [2.24, 2.45) is 18.4 Å². The number of aromatic nitrogens is 6. The first-order valence-corrected chi connectivity index (χ1v) is 18.8. The molecule has 52 heavy (non-hydrogen) atoms. The summed E-state index contributed by atoms with van der Waals surface area (Å²) < 4.78 is 37.8. The van der Waals surface area contributed by atoms with Crippen LogP contribution in [0.4, 0.5) is 5.95 Å². The number of hydrogen-bond donors (Lipinski definition) is 3. The highest BCUT2D eigenvalue weighted by Crippen LogP contribution is 2.66. The van der Waals surface area contributed by atoms with Crippen LogP contribution in [-0.2, 0) is 23.6 Å². The minimum Gasteiger partial charge on any atom is -0.478 e. The van der Waals surface area contributed by atoms with Crippen LogP contribution in [0.1, 0.15) is 77.4 Å². The summed E-state index contributed by atoms with van der Waals surface area (Å²) in [7, 11) is -2.23. The third-order valence-electron chi connectivity index (χ3n) is 10.5. The van der Waals surface area contributed by atoms with Crippen LogP contribution >= 0.6 is 12.4 Å². The summed E-state index contributed by atoms with van der Waals surface area (Å²) in [4.78, 5) is 34.6. The van der Waals surface area contributed by atoms with E-state index in [1.165, 1.54) is 37.5 Å². The monoisotopic (exact) mass is 744 g/mol. The van der Waals surface area contributed by atoms with Crippen molar-refractivity contribution in [3.63, 3.8) is 0 Å². The number of nitrogens with one attached hydrogen (secondary N) is 2. The van der Waals surface area contributed by atoms with Gasteiger partial charge in [-0.25, -0.2) is 37.9 Å². The fourth-order valence-corrected chi connectivity index (χ4v) is 8.71. The van der Waals surface area contributed by atoms with E-state index in [1.807, 2.05) is 39.1 Å². The van der Waals surface area contributed by atoms with Gasteiger partial charge >= 0.3 is 5.97 Å². The van der Waals surface area contributed by atoms with E-state index >= 15 is 0 Å². The Morgan fingerprint density at radius 3 is 2.44 bits per heavy atom. The number of benzene rings is 2. The Labute approximate surface area is 308 Å². The van der Waals surface area contributed by atoms with Gasteiger partial charge in [-0.2, -0.15) is 4.98 Å². The molecule has 0 radical (unpaired) electrons. The largest absolute Gasteiger partial charge is 0.478 e. The number of sulfonamides is 1. The lowest BCUT2D eigenvalue weighted by Crippen LogP contribution is -2.55. The molecule has 272 valence electrons. The van der Waals surface area contributed by atoms with E-state index in [0.717, 1.165) is 65.1 Å². The summed E-state index contributed by atoms with van der Waals surface area (Å²) in [6, 6.07) is 12.7. The molecule has 1 atom stereocenters. The number of carboxylic acid groups (broad SMARTS) is 1. The molecule has 13 nitrogen and oxygen atoms in total. The minimum absolute atomic E-state index is 0. The number of aromatic carboxylic acids is 1. The van der Waals surface area contributed by atoms with Gasteiger partial charge in [-0.05, 0) is 93.0 Å². The molecular formula is C37H41ClN8O5S. The van der Waals surface area contributed by atoms with E-state index in [4.69, 9.17) is 14.7 Å². The van der Waals surface area contributed by atoms with Crippen molar-refractivity contribution in [3.8, 4) is 17.1 Å². The lowest BCUT2D eigenvalue weighted by molar-refractivity contribution is -0.119. The van der Waals surface area contributed by atoms with Gasteiger partial charge < -0.3 is 19.7 Å². The standard InChI is InChI=1S/C37H40N8O5S.ClH/c1-21-6-4-7-22(2)31(21)29-13-30(42-36(41-29)44-51(48,49)28-9-5-8-25(12-28)35(46)47)50-20-26(17-37-14-23(15-37)16-37)38-18-27-19-39-32-34(40-27)45(3)33(43-32)24-10-11-24;/h4-9,12-13,19,23-24,26,38H,10-11,14-18,20H2,1-3H3,(H,46,47)(H,41,42,44);1H/t23?,26-,37?;/m1./s1. The van der Waals surface area contributed by atoms with E-state index in [1.54, 1.807) is 12.3 Å². The topological polar surface area (TPSA) is 174 Å². The average molecular weight is 745 g/mol. The van der Waals surface area contributed by atoms with E-state index in [9.17, 15) is 18.3 Å². The molecule has 0 unspecified atom stereocenters. The van der Waals surface area contributed by atoms with Gasteiger partial charge in [-0.3, -0.25) is 0 Å². The van der Waals surface area contributed by atoms with Crippen molar-refractivity contribution < 1.29 is 23.1 Å². The van der Waals surface area contributed by atoms with Crippen molar-refractivity contribution in [1.29, 1.82) is 0 Å². The predicted octanol–water partition coefficient (Wildman–Crippen LogP) is 5.96. The van der Waals surface area contributed by atoms with Gasteiger partial charge in [0.2, 0.25) is 11.8 Å². The molecule has 15 heteroatoms. The number of rotatable bonds is 14. The Bertz CT molecular complexity index is 2260. The number of carboxylic acids is 1.